The number of aromatic amines is 1. The van der Waals surface area contributed by atoms with Crippen LogP contribution in [0, 0.1) is 0 Å². The number of carbonyl (C=O) groups excluding carboxylic acids is 1. The minimum Gasteiger partial charge on any atom is -0.358 e. The molecule has 0 aliphatic rings. The SMILES string of the molecule is O=C(CCc1cc2ccccc2[nH]1)NCc1ccccc1. The van der Waals surface area contributed by atoms with E-state index in [4.69, 9.17) is 0 Å². The fourth-order valence-electron chi connectivity index (χ4n) is 2.40. The predicted molar refractivity (Wildman–Crippen MR) is 84.9 cm³/mol. The fraction of sp³-hybridized carbons (Fsp3) is 0.167. The summed E-state index contributed by atoms with van der Waals surface area (Å²) in [7, 11) is 0. The van der Waals surface area contributed by atoms with Crippen LogP contribution in [0.5, 0.6) is 0 Å². The molecule has 0 bridgehead atoms. The van der Waals surface area contributed by atoms with Crippen LogP contribution in [0.15, 0.2) is 60.7 Å². The van der Waals surface area contributed by atoms with Gasteiger partial charge in [-0.3, -0.25) is 4.79 Å². The highest BCUT2D eigenvalue weighted by atomic mass is 16.1. The molecular weight excluding hydrogens is 260 g/mol. The van der Waals surface area contributed by atoms with Gasteiger partial charge in [0.25, 0.3) is 0 Å². The van der Waals surface area contributed by atoms with Crippen molar-refractivity contribution in [1.29, 1.82) is 0 Å². The van der Waals surface area contributed by atoms with Gasteiger partial charge >= 0.3 is 0 Å². The highest BCUT2D eigenvalue weighted by molar-refractivity contribution is 5.81. The molecule has 0 spiro atoms. The van der Waals surface area contributed by atoms with Gasteiger partial charge in [-0.2, -0.15) is 0 Å². The molecule has 0 aliphatic carbocycles. The zero-order valence-corrected chi connectivity index (χ0v) is 11.8. The summed E-state index contributed by atoms with van der Waals surface area (Å²) >= 11 is 0. The number of hydrogen-bond donors (Lipinski definition) is 2. The standard InChI is InChI=1S/C18H18N2O/c21-18(19-13-14-6-2-1-3-7-14)11-10-16-12-15-8-4-5-9-17(15)20-16/h1-9,12,20H,10-11,13H2,(H,19,21). The van der Waals surface area contributed by atoms with Crippen LogP contribution in [-0.2, 0) is 17.8 Å². The van der Waals surface area contributed by atoms with E-state index < -0.39 is 0 Å². The molecule has 0 saturated carbocycles. The van der Waals surface area contributed by atoms with Crippen molar-refractivity contribution in [3.63, 3.8) is 0 Å². The Morgan fingerprint density at radius 1 is 1.00 bits per heavy atom. The summed E-state index contributed by atoms with van der Waals surface area (Å²) in [4.78, 5) is 15.2. The van der Waals surface area contributed by atoms with Gasteiger partial charge in [0, 0.05) is 24.2 Å². The van der Waals surface area contributed by atoms with Gasteiger partial charge in [0.1, 0.15) is 0 Å². The number of hydrogen-bond acceptors (Lipinski definition) is 1. The number of carbonyl (C=O) groups is 1. The molecule has 1 aromatic heterocycles. The molecule has 106 valence electrons. The first kappa shape index (κ1) is 13.4. The lowest BCUT2D eigenvalue weighted by molar-refractivity contribution is -0.121. The summed E-state index contributed by atoms with van der Waals surface area (Å²) in [5, 5.41) is 4.14. The summed E-state index contributed by atoms with van der Waals surface area (Å²) in [6, 6.07) is 20.2. The monoisotopic (exact) mass is 278 g/mol. The second-order valence-corrected chi connectivity index (χ2v) is 5.14. The van der Waals surface area contributed by atoms with E-state index in [1.54, 1.807) is 0 Å². The molecule has 3 rings (SSSR count). The quantitative estimate of drug-likeness (QED) is 0.738. The Morgan fingerprint density at radius 3 is 2.57 bits per heavy atom. The van der Waals surface area contributed by atoms with Crippen molar-refractivity contribution in [2.75, 3.05) is 0 Å². The molecule has 2 N–H and O–H groups in total. The fourth-order valence-corrected chi connectivity index (χ4v) is 2.40. The summed E-state index contributed by atoms with van der Waals surface area (Å²) in [5.74, 6) is 0.0810. The lowest BCUT2D eigenvalue weighted by Gasteiger charge is -2.04. The predicted octanol–water partition coefficient (Wildman–Crippen LogP) is 3.42. The lowest BCUT2D eigenvalue weighted by atomic mass is 10.2. The summed E-state index contributed by atoms with van der Waals surface area (Å²) in [6.07, 6.45) is 1.23. The van der Waals surface area contributed by atoms with Crippen molar-refractivity contribution < 1.29 is 4.79 Å². The van der Waals surface area contributed by atoms with Crippen molar-refractivity contribution >= 4 is 16.8 Å². The molecule has 2 aromatic carbocycles. The smallest absolute Gasteiger partial charge is 0.220 e. The lowest BCUT2D eigenvalue weighted by Crippen LogP contribution is -2.22. The first-order chi connectivity index (χ1) is 10.3. The maximum Gasteiger partial charge on any atom is 0.220 e. The van der Waals surface area contributed by atoms with Crippen molar-refractivity contribution in [2.24, 2.45) is 0 Å². The number of nitrogens with one attached hydrogen (secondary N) is 2. The molecule has 0 atom stereocenters. The zero-order chi connectivity index (χ0) is 14.5. The first-order valence-corrected chi connectivity index (χ1v) is 7.18. The van der Waals surface area contributed by atoms with Gasteiger partial charge in [0.2, 0.25) is 5.91 Å². The third-order valence-electron chi connectivity index (χ3n) is 3.54. The second kappa shape index (κ2) is 6.27. The molecule has 3 aromatic rings. The first-order valence-electron chi connectivity index (χ1n) is 7.18. The highest BCUT2D eigenvalue weighted by Gasteiger charge is 2.04. The van der Waals surface area contributed by atoms with Gasteiger partial charge in [0.15, 0.2) is 0 Å². The van der Waals surface area contributed by atoms with E-state index in [-0.39, 0.29) is 5.91 Å². The van der Waals surface area contributed by atoms with E-state index in [0.29, 0.717) is 13.0 Å². The van der Waals surface area contributed by atoms with Gasteiger partial charge in [-0.1, -0.05) is 48.5 Å². The minimum absolute atomic E-state index is 0.0810. The minimum atomic E-state index is 0.0810. The molecule has 21 heavy (non-hydrogen) atoms. The van der Waals surface area contributed by atoms with E-state index in [2.05, 4.69) is 22.4 Å². The number of rotatable bonds is 5. The average Bonchev–Trinajstić information content (AvgIpc) is 2.95. The number of aromatic nitrogens is 1. The summed E-state index contributed by atoms with van der Waals surface area (Å²) < 4.78 is 0. The van der Waals surface area contributed by atoms with Gasteiger partial charge in [-0.15, -0.1) is 0 Å². The van der Waals surface area contributed by atoms with Crippen LogP contribution in [0.3, 0.4) is 0 Å². The third kappa shape index (κ3) is 3.51. The summed E-state index contributed by atoms with van der Waals surface area (Å²) in [6.45, 7) is 0.590. The van der Waals surface area contributed by atoms with Crippen LogP contribution >= 0.6 is 0 Å². The Morgan fingerprint density at radius 2 is 1.76 bits per heavy atom. The van der Waals surface area contributed by atoms with Crippen LogP contribution in [0.4, 0.5) is 0 Å². The van der Waals surface area contributed by atoms with Crippen LogP contribution in [0.2, 0.25) is 0 Å². The molecule has 0 aliphatic heterocycles. The van der Waals surface area contributed by atoms with Crippen molar-refractivity contribution in [3.8, 4) is 0 Å². The maximum atomic E-state index is 11.9. The van der Waals surface area contributed by atoms with Crippen LogP contribution < -0.4 is 5.32 Å². The molecule has 1 amide bonds. The van der Waals surface area contributed by atoms with Crippen LogP contribution in [0.1, 0.15) is 17.7 Å². The molecule has 1 heterocycles. The molecule has 3 heteroatoms. The van der Waals surface area contributed by atoms with E-state index in [0.717, 1.165) is 23.2 Å². The molecule has 0 radical (unpaired) electrons. The van der Waals surface area contributed by atoms with Crippen molar-refractivity contribution in [2.45, 2.75) is 19.4 Å². The van der Waals surface area contributed by atoms with Gasteiger partial charge in [-0.25, -0.2) is 0 Å². The number of benzene rings is 2. The topological polar surface area (TPSA) is 44.9 Å². The average molecular weight is 278 g/mol. The van der Waals surface area contributed by atoms with Crippen LogP contribution in [0.25, 0.3) is 10.9 Å². The third-order valence-corrected chi connectivity index (χ3v) is 3.54. The van der Waals surface area contributed by atoms with Gasteiger partial charge < -0.3 is 10.3 Å². The van der Waals surface area contributed by atoms with E-state index >= 15 is 0 Å². The van der Waals surface area contributed by atoms with Gasteiger partial charge in [-0.05, 0) is 29.5 Å². The number of aryl methyl sites for hydroxylation is 1. The Bertz CT molecular complexity index is 698. The molecule has 0 unspecified atom stereocenters. The molecule has 0 saturated heterocycles. The number of para-hydroxylation sites is 1. The Labute approximate surface area is 124 Å². The number of fused-ring (bicyclic) bond motifs is 1. The zero-order valence-electron chi connectivity index (χ0n) is 11.8. The number of H-pyrrole nitrogens is 1. The van der Waals surface area contributed by atoms with E-state index in [9.17, 15) is 4.79 Å². The highest BCUT2D eigenvalue weighted by Crippen LogP contribution is 2.15. The normalized spacial score (nSPS) is 10.7. The molecule has 3 nitrogen and oxygen atoms in total. The van der Waals surface area contributed by atoms with Crippen molar-refractivity contribution in [1.82, 2.24) is 10.3 Å². The van der Waals surface area contributed by atoms with Crippen LogP contribution in [-0.4, -0.2) is 10.9 Å². The summed E-state index contributed by atoms with van der Waals surface area (Å²) in [5.41, 5.74) is 3.35. The van der Waals surface area contributed by atoms with E-state index in [1.807, 2.05) is 48.5 Å². The number of amides is 1. The maximum absolute atomic E-state index is 11.9. The van der Waals surface area contributed by atoms with Crippen molar-refractivity contribution in [3.05, 3.63) is 71.9 Å². The molecule has 0 fully saturated rings. The largest absolute Gasteiger partial charge is 0.358 e. The van der Waals surface area contributed by atoms with Gasteiger partial charge in [0.05, 0.1) is 0 Å². The van der Waals surface area contributed by atoms with E-state index in [1.165, 1.54) is 5.39 Å². The second-order valence-electron chi connectivity index (χ2n) is 5.14. The Hall–Kier alpha value is -2.55. The molecular formula is C18H18N2O. The Balaban J connectivity index is 1.51. The Kier molecular flexibility index (Phi) is 4.01.